The molecule has 1 aliphatic rings. The average molecular weight is 193 g/mol. The molecule has 0 saturated carbocycles. The van der Waals surface area contributed by atoms with Gasteiger partial charge in [-0.05, 0) is 38.1 Å². The molecule has 1 aliphatic heterocycles. The summed E-state index contributed by atoms with van der Waals surface area (Å²) in [5, 5.41) is 0. The molecule has 4 heteroatoms. The summed E-state index contributed by atoms with van der Waals surface area (Å²) in [6.45, 7) is 1.11. The van der Waals surface area contributed by atoms with Gasteiger partial charge in [0.2, 0.25) is 0 Å². The molecular weight excluding hydrogens is 178 g/mol. The van der Waals surface area contributed by atoms with Gasteiger partial charge in [0.05, 0.1) is 5.69 Å². The summed E-state index contributed by atoms with van der Waals surface area (Å²) in [6, 6.07) is 2.19. The second-order valence-electron chi connectivity index (χ2n) is 3.86. The number of nitrogens with two attached hydrogens (primary N) is 1. The summed E-state index contributed by atoms with van der Waals surface area (Å²) in [4.78, 5) is 16.0. The third-order valence-electron chi connectivity index (χ3n) is 2.86. The Balaban J connectivity index is 2.32. The number of hydrogen-bond acceptors (Lipinski definition) is 3. The number of nitrogens with zero attached hydrogens (tertiary/aromatic N) is 1. The number of anilines is 1. The maximum absolute atomic E-state index is 11.1. The van der Waals surface area contributed by atoms with Crippen LogP contribution in [-0.4, -0.2) is 23.5 Å². The Morgan fingerprint density at radius 3 is 3.00 bits per heavy atom. The Hall–Kier alpha value is -1.29. The highest BCUT2D eigenvalue weighted by atomic mass is 16.1. The van der Waals surface area contributed by atoms with E-state index in [2.05, 4.69) is 16.9 Å². The van der Waals surface area contributed by atoms with Crippen LogP contribution in [0, 0.1) is 0 Å². The highest BCUT2D eigenvalue weighted by Crippen LogP contribution is 2.29. The molecule has 0 aromatic carbocycles. The Bertz CT molecular complexity index is 385. The molecule has 0 radical (unpaired) electrons. The fourth-order valence-corrected chi connectivity index (χ4v) is 2.04. The first kappa shape index (κ1) is 9.27. The highest BCUT2D eigenvalue weighted by Gasteiger charge is 2.22. The smallest absolute Gasteiger partial charge is 0.271 e. The first-order valence-corrected chi connectivity index (χ1v) is 4.87. The van der Waals surface area contributed by atoms with Gasteiger partial charge in [0, 0.05) is 12.2 Å². The Kier molecular flexibility index (Phi) is 2.29. The van der Waals surface area contributed by atoms with Crippen molar-refractivity contribution in [2.45, 2.75) is 18.9 Å². The van der Waals surface area contributed by atoms with Crippen LogP contribution in [0.1, 0.15) is 24.4 Å². The van der Waals surface area contributed by atoms with E-state index in [9.17, 15) is 4.79 Å². The fourth-order valence-electron chi connectivity index (χ4n) is 2.04. The van der Waals surface area contributed by atoms with E-state index in [-0.39, 0.29) is 5.56 Å². The zero-order chi connectivity index (χ0) is 10.1. The number of aromatic nitrogens is 1. The van der Waals surface area contributed by atoms with Gasteiger partial charge in [-0.2, -0.15) is 0 Å². The Morgan fingerprint density at radius 1 is 1.64 bits per heavy atom. The number of likely N-dealkylation sites (tertiary alicyclic amines) is 1. The summed E-state index contributed by atoms with van der Waals surface area (Å²) in [7, 11) is 2.10. The van der Waals surface area contributed by atoms with Crippen molar-refractivity contribution in [2.75, 3.05) is 19.3 Å². The van der Waals surface area contributed by atoms with Gasteiger partial charge < -0.3 is 10.7 Å². The topological polar surface area (TPSA) is 62.1 Å². The molecule has 1 unspecified atom stereocenters. The predicted octanol–water partition coefficient (Wildman–Crippen LogP) is 0.724. The van der Waals surface area contributed by atoms with Crippen molar-refractivity contribution in [1.82, 2.24) is 9.88 Å². The van der Waals surface area contributed by atoms with Crippen LogP contribution < -0.4 is 11.3 Å². The van der Waals surface area contributed by atoms with Gasteiger partial charge >= 0.3 is 0 Å². The van der Waals surface area contributed by atoms with Crippen LogP contribution in [0.2, 0.25) is 0 Å². The number of nitrogen functional groups attached to an aromatic ring is 1. The van der Waals surface area contributed by atoms with Gasteiger partial charge in [-0.25, -0.2) is 0 Å². The van der Waals surface area contributed by atoms with E-state index >= 15 is 0 Å². The number of hydrogen-bond donors (Lipinski definition) is 2. The van der Waals surface area contributed by atoms with Gasteiger partial charge in [0.15, 0.2) is 0 Å². The van der Waals surface area contributed by atoms with Crippen molar-refractivity contribution < 1.29 is 0 Å². The summed E-state index contributed by atoms with van der Waals surface area (Å²) in [5.74, 6) is 0. The minimum atomic E-state index is -0.200. The molecule has 0 spiro atoms. The van der Waals surface area contributed by atoms with E-state index in [1.54, 1.807) is 12.3 Å². The van der Waals surface area contributed by atoms with E-state index in [1.807, 2.05) is 0 Å². The highest BCUT2D eigenvalue weighted by molar-refractivity contribution is 5.38. The largest absolute Gasteiger partial charge is 0.394 e. The third kappa shape index (κ3) is 1.53. The molecule has 3 N–H and O–H groups in total. The van der Waals surface area contributed by atoms with Gasteiger partial charge in [0.25, 0.3) is 5.56 Å². The molecule has 1 atom stereocenters. The zero-order valence-electron chi connectivity index (χ0n) is 8.29. The van der Waals surface area contributed by atoms with Gasteiger partial charge in [-0.3, -0.25) is 9.69 Å². The molecule has 1 aromatic heterocycles. The summed E-state index contributed by atoms with van der Waals surface area (Å²) >= 11 is 0. The molecule has 0 bridgehead atoms. The Morgan fingerprint density at radius 2 is 2.43 bits per heavy atom. The van der Waals surface area contributed by atoms with E-state index in [1.165, 1.54) is 6.42 Å². The molecule has 1 fully saturated rings. The minimum absolute atomic E-state index is 0.200. The van der Waals surface area contributed by atoms with Crippen molar-refractivity contribution >= 4 is 5.69 Å². The lowest BCUT2D eigenvalue weighted by atomic mass is 10.1. The van der Waals surface area contributed by atoms with Crippen LogP contribution in [0.5, 0.6) is 0 Å². The molecule has 2 rings (SSSR count). The lowest BCUT2D eigenvalue weighted by Crippen LogP contribution is -2.20. The first-order chi connectivity index (χ1) is 6.68. The van der Waals surface area contributed by atoms with Crippen LogP contribution in [0.25, 0.3) is 0 Å². The lowest BCUT2D eigenvalue weighted by Gasteiger charge is -2.19. The van der Waals surface area contributed by atoms with E-state index < -0.39 is 0 Å². The van der Waals surface area contributed by atoms with Crippen molar-refractivity contribution in [1.29, 1.82) is 0 Å². The number of H-pyrrole nitrogens is 1. The van der Waals surface area contributed by atoms with Crippen LogP contribution in [0.15, 0.2) is 17.1 Å². The van der Waals surface area contributed by atoms with Crippen molar-refractivity contribution in [3.05, 3.63) is 28.2 Å². The zero-order valence-corrected chi connectivity index (χ0v) is 8.29. The van der Waals surface area contributed by atoms with Crippen molar-refractivity contribution in [3.63, 3.8) is 0 Å². The van der Waals surface area contributed by atoms with E-state index in [4.69, 9.17) is 5.73 Å². The summed E-state index contributed by atoms with van der Waals surface area (Å²) in [5.41, 5.74) is 6.79. The van der Waals surface area contributed by atoms with Gasteiger partial charge in [-0.1, -0.05) is 0 Å². The van der Waals surface area contributed by atoms with E-state index in [0.717, 1.165) is 18.5 Å². The SMILES string of the molecule is CN1CCCC1c1c[nH]c(=O)c(N)c1. The van der Waals surface area contributed by atoms with Crippen molar-refractivity contribution in [2.24, 2.45) is 0 Å². The maximum Gasteiger partial charge on any atom is 0.271 e. The monoisotopic (exact) mass is 193 g/mol. The quantitative estimate of drug-likeness (QED) is 0.691. The van der Waals surface area contributed by atoms with Crippen LogP contribution >= 0.6 is 0 Å². The fraction of sp³-hybridized carbons (Fsp3) is 0.500. The number of rotatable bonds is 1. The molecule has 76 valence electrons. The normalized spacial score (nSPS) is 22.8. The molecular formula is C10H15N3O. The minimum Gasteiger partial charge on any atom is -0.394 e. The number of nitrogens with one attached hydrogen (secondary N) is 1. The molecule has 0 aliphatic carbocycles. The maximum atomic E-state index is 11.1. The summed E-state index contributed by atoms with van der Waals surface area (Å²) < 4.78 is 0. The molecule has 1 saturated heterocycles. The molecule has 4 nitrogen and oxygen atoms in total. The van der Waals surface area contributed by atoms with E-state index in [0.29, 0.717) is 11.7 Å². The molecule has 0 amide bonds. The lowest BCUT2D eigenvalue weighted by molar-refractivity contribution is 0.317. The second-order valence-corrected chi connectivity index (χ2v) is 3.86. The second kappa shape index (κ2) is 3.46. The molecule has 14 heavy (non-hydrogen) atoms. The average Bonchev–Trinajstić information content (AvgIpc) is 2.57. The Labute approximate surface area is 82.7 Å². The van der Waals surface area contributed by atoms with Crippen LogP contribution in [0.4, 0.5) is 5.69 Å². The first-order valence-electron chi connectivity index (χ1n) is 4.87. The molecule has 2 heterocycles. The predicted molar refractivity (Wildman–Crippen MR) is 56.1 cm³/mol. The molecule has 1 aromatic rings. The number of pyridine rings is 1. The van der Waals surface area contributed by atoms with Gasteiger partial charge in [0.1, 0.15) is 0 Å². The standard InChI is InChI=1S/C10H15N3O/c1-13-4-2-3-9(13)7-5-8(11)10(14)12-6-7/h5-6,9H,2-4,11H2,1H3,(H,12,14). The third-order valence-corrected chi connectivity index (χ3v) is 2.86. The van der Waals surface area contributed by atoms with Crippen LogP contribution in [0.3, 0.4) is 0 Å². The van der Waals surface area contributed by atoms with Gasteiger partial charge in [-0.15, -0.1) is 0 Å². The van der Waals surface area contributed by atoms with Crippen molar-refractivity contribution in [3.8, 4) is 0 Å². The van der Waals surface area contributed by atoms with Crippen LogP contribution in [-0.2, 0) is 0 Å². The summed E-state index contributed by atoms with van der Waals surface area (Å²) in [6.07, 6.45) is 4.12. The number of aromatic amines is 1.